The molecule has 1 aromatic heterocycles. The summed E-state index contributed by atoms with van der Waals surface area (Å²) in [6.07, 6.45) is 2.31. The minimum atomic E-state index is -3.53. The maximum absolute atomic E-state index is 13.0. The highest BCUT2D eigenvalue weighted by Crippen LogP contribution is 2.38. The molecule has 10 heteroatoms. The summed E-state index contributed by atoms with van der Waals surface area (Å²) in [7, 11) is -1.36. The van der Waals surface area contributed by atoms with Gasteiger partial charge in [0.2, 0.25) is 5.95 Å². The van der Waals surface area contributed by atoms with Gasteiger partial charge in [-0.2, -0.15) is 4.98 Å². The van der Waals surface area contributed by atoms with Crippen molar-refractivity contribution in [1.29, 1.82) is 0 Å². The van der Waals surface area contributed by atoms with E-state index in [2.05, 4.69) is 51.6 Å². The molecule has 4 rings (SSSR count). The Labute approximate surface area is 243 Å². The highest BCUT2D eigenvalue weighted by Gasteiger charge is 2.25. The van der Waals surface area contributed by atoms with Gasteiger partial charge in [0.05, 0.1) is 33.3 Å². The maximum Gasteiger partial charge on any atom is 0.229 e. The fourth-order valence-corrected chi connectivity index (χ4v) is 6.36. The number of aryl methyl sites for hydroxylation is 2. The lowest BCUT2D eigenvalue weighted by Gasteiger charge is -2.31. The van der Waals surface area contributed by atoms with E-state index in [1.807, 2.05) is 13.8 Å². The third kappa shape index (κ3) is 6.70. The second-order valence-electron chi connectivity index (χ2n) is 11.1. The number of anilines is 4. The van der Waals surface area contributed by atoms with E-state index in [0.29, 0.717) is 34.1 Å². The molecule has 0 bridgehead atoms. The summed E-state index contributed by atoms with van der Waals surface area (Å²) in [4.78, 5) is 11.8. The van der Waals surface area contributed by atoms with Crippen LogP contribution in [0.15, 0.2) is 41.3 Å². The molecule has 2 N–H and O–H groups in total. The number of likely N-dealkylation sites (tertiary alicyclic amines) is 1. The molecule has 2 aromatic carbocycles. The Morgan fingerprint density at radius 2 is 1.77 bits per heavy atom. The van der Waals surface area contributed by atoms with Gasteiger partial charge in [-0.1, -0.05) is 23.7 Å². The van der Waals surface area contributed by atoms with Gasteiger partial charge in [0.15, 0.2) is 15.7 Å². The predicted molar refractivity (Wildman–Crippen MR) is 164 cm³/mol. The van der Waals surface area contributed by atoms with Crippen molar-refractivity contribution in [2.75, 3.05) is 30.8 Å². The maximum atomic E-state index is 13.0. The summed E-state index contributed by atoms with van der Waals surface area (Å²) in [5.74, 6) is 1.83. The Morgan fingerprint density at radius 1 is 1.05 bits per heavy atom. The number of sulfone groups is 1. The number of aromatic nitrogens is 2. The van der Waals surface area contributed by atoms with Crippen LogP contribution in [0.4, 0.5) is 23.1 Å². The molecule has 2 heterocycles. The number of hydrogen-bond donors (Lipinski definition) is 2. The van der Waals surface area contributed by atoms with Crippen molar-refractivity contribution in [2.24, 2.45) is 0 Å². The normalized spacial score (nSPS) is 16.4. The van der Waals surface area contributed by atoms with Crippen LogP contribution in [0, 0.1) is 13.8 Å². The topological polar surface area (TPSA) is 96.5 Å². The van der Waals surface area contributed by atoms with Gasteiger partial charge in [-0.05, 0) is 109 Å². The number of nitrogens with one attached hydrogen (secondary N) is 2. The molecule has 1 saturated heterocycles. The van der Waals surface area contributed by atoms with Gasteiger partial charge in [-0.15, -0.1) is 0 Å². The van der Waals surface area contributed by atoms with Crippen molar-refractivity contribution in [1.82, 2.24) is 14.9 Å². The smallest absolute Gasteiger partial charge is 0.229 e. The van der Waals surface area contributed by atoms with Gasteiger partial charge in [0.25, 0.3) is 0 Å². The molecule has 1 aliphatic heterocycles. The van der Waals surface area contributed by atoms with Gasteiger partial charge in [0, 0.05) is 6.54 Å². The largest absolute Gasteiger partial charge is 0.489 e. The first-order valence-electron chi connectivity index (χ1n) is 13.8. The quantitative estimate of drug-likeness (QED) is 0.277. The Kier molecular flexibility index (Phi) is 9.27. The summed E-state index contributed by atoms with van der Waals surface area (Å²) < 4.78 is 32.2. The van der Waals surface area contributed by atoms with Crippen molar-refractivity contribution in [3.05, 3.63) is 58.2 Å². The van der Waals surface area contributed by atoms with Gasteiger partial charge >= 0.3 is 0 Å². The molecular formula is C30H40ClN5O3S. The number of hydrogen-bond acceptors (Lipinski definition) is 8. The van der Waals surface area contributed by atoms with Gasteiger partial charge in [0.1, 0.15) is 10.8 Å². The molecule has 1 unspecified atom stereocenters. The van der Waals surface area contributed by atoms with Crippen LogP contribution in [0.1, 0.15) is 63.3 Å². The molecule has 40 heavy (non-hydrogen) atoms. The first-order chi connectivity index (χ1) is 18.9. The molecule has 1 fully saturated rings. The number of halogens is 1. The minimum absolute atomic E-state index is 0.0188. The van der Waals surface area contributed by atoms with Crippen molar-refractivity contribution >= 4 is 44.6 Å². The third-order valence-electron chi connectivity index (χ3n) is 7.13. The highest BCUT2D eigenvalue weighted by molar-refractivity contribution is 7.92. The van der Waals surface area contributed by atoms with Crippen LogP contribution in [0.5, 0.6) is 5.75 Å². The molecule has 0 amide bonds. The lowest BCUT2D eigenvalue weighted by Crippen LogP contribution is -2.31. The van der Waals surface area contributed by atoms with E-state index in [1.165, 1.54) is 17.5 Å². The summed E-state index contributed by atoms with van der Waals surface area (Å²) >= 11 is 6.60. The average Bonchev–Trinajstić information content (AvgIpc) is 2.88. The zero-order chi connectivity index (χ0) is 29.2. The SMILES string of the molecule is Cc1cc(Nc2nc(C)c(Cl)c(Nc3ccccc3S(=O)(=O)C(C)C)n2)c(OC(C)C)cc1C1CCCN(C)C1. The molecule has 216 valence electrons. The second kappa shape index (κ2) is 12.3. The predicted octanol–water partition coefficient (Wildman–Crippen LogP) is 7.01. The molecule has 1 atom stereocenters. The molecule has 3 aromatic rings. The average molecular weight is 586 g/mol. The molecule has 8 nitrogen and oxygen atoms in total. The van der Waals surface area contributed by atoms with Gasteiger partial charge in [-0.3, -0.25) is 0 Å². The fourth-order valence-electron chi connectivity index (χ4n) is 5.03. The lowest BCUT2D eigenvalue weighted by molar-refractivity contribution is 0.239. The van der Waals surface area contributed by atoms with Gasteiger partial charge < -0.3 is 20.3 Å². The van der Waals surface area contributed by atoms with Crippen molar-refractivity contribution in [3.63, 3.8) is 0 Å². The molecule has 0 aliphatic carbocycles. The second-order valence-corrected chi connectivity index (χ2v) is 14.0. The fraction of sp³-hybridized carbons (Fsp3) is 0.467. The molecular weight excluding hydrogens is 546 g/mol. The Bertz CT molecular complexity index is 1480. The summed E-state index contributed by atoms with van der Waals surface area (Å²) in [6, 6.07) is 11.0. The number of likely N-dealkylation sites (N-methyl/N-ethyl adjacent to an activating group) is 1. The van der Waals surface area contributed by atoms with E-state index in [0.717, 1.165) is 30.9 Å². The monoisotopic (exact) mass is 585 g/mol. The van der Waals surface area contributed by atoms with Crippen LogP contribution in [-0.2, 0) is 9.84 Å². The van der Waals surface area contributed by atoms with E-state index in [1.54, 1.807) is 45.0 Å². The molecule has 0 radical (unpaired) electrons. The molecule has 1 aliphatic rings. The van der Waals surface area contributed by atoms with Crippen molar-refractivity contribution < 1.29 is 13.2 Å². The van der Waals surface area contributed by atoms with Crippen LogP contribution in [0.25, 0.3) is 0 Å². The first-order valence-corrected chi connectivity index (χ1v) is 15.7. The summed E-state index contributed by atoms with van der Waals surface area (Å²) in [5.41, 5.74) is 4.19. The van der Waals surface area contributed by atoms with Crippen LogP contribution < -0.4 is 15.4 Å². The Morgan fingerprint density at radius 3 is 2.45 bits per heavy atom. The van der Waals surface area contributed by atoms with Crippen LogP contribution in [0.3, 0.4) is 0 Å². The van der Waals surface area contributed by atoms with E-state index in [9.17, 15) is 8.42 Å². The minimum Gasteiger partial charge on any atom is -0.489 e. The summed E-state index contributed by atoms with van der Waals surface area (Å²) in [5, 5.41) is 6.23. The van der Waals surface area contributed by atoms with Gasteiger partial charge in [-0.25, -0.2) is 13.4 Å². The first kappa shape index (κ1) is 30.1. The molecule has 0 saturated carbocycles. The number of benzene rings is 2. The number of nitrogens with zero attached hydrogens (tertiary/aromatic N) is 3. The van der Waals surface area contributed by atoms with E-state index in [4.69, 9.17) is 16.3 Å². The van der Waals surface area contributed by atoms with E-state index in [-0.39, 0.29) is 11.0 Å². The Hall–Kier alpha value is -2.88. The number of piperidine rings is 1. The van der Waals surface area contributed by atoms with Crippen molar-refractivity contribution in [2.45, 2.75) is 76.6 Å². The highest BCUT2D eigenvalue weighted by atomic mass is 35.5. The van der Waals surface area contributed by atoms with Crippen molar-refractivity contribution in [3.8, 4) is 5.75 Å². The number of para-hydroxylation sites is 1. The van der Waals surface area contributed by atoms with E-state index < -0.39 is 15.1 Å². The standard InChI is InChI=1S/C30H40ClN5O3S/c1-18(2)39-26-16-23(22-11-10-14-36(7)17-22)20(5)15-25(26)34-30-32-21(6)28(31)29(35-30)33-24-12-8-9-13-27(24)40(37,38)19(3)4/h8-9,12-13,15-16,18-19,22H,10-11,14,17H2,1-7H3,(H2,32,33,34,35). The van der Waals surface area contributed by atoms with Crippen LogP contribution >= 0.6 is 11.6 Å². The van der Waals surface area contributed by atoms with Crippen LogP contribution in [0.2, 0.25) is 5.02 Å². The van der Waals surface area contributed by atoms with E-state index >= 15 is 0 Å². The number of rotatable bonds is 9. The molecule has 0 spiro atoms. The lowest BCUT2D eigenvalue weighted by atomic mass is 9.87. The van der Waals surface area contributed by atoms with Crippen LogP contribution in [-0.4, -0.2) is 54.8 Å². The number of ether oxygens (including phenoxy) is 1. The summed E-state index contributed by atoms with van der Waals surface area (Å²) in [6.45, 7) is 13.4. The third-order valence-corrected chi connectivity index (χ3v) is 9.79. The Balaban J connectivity index is 1.70. The zero-order valence-corrected chi connectivity index (χ0v) is 25.9. The zero-order valence-electron chi connectivity index (χ0n) is 24.4.